The highest BCUT2D eigenvalue weighted by Crippen LogP contribution is 2.36. The van der Waals surface area contributed by atoms with Crippen LogP contribution >= 0.6 is 31.9 Å². The van der Waals surface area contributed by atoms with Gasteiger partial charge in [-0.2, -0.15) is 0 Å². The zero-order valence-electron chi connectivity index (χ0n) is 9.85. The second-order valence-electron chi connectivity index (χ2n) is 4.15. The zero-order valence-corrected chi connectivity index (χ0v) is 13.0. The molecule has 2 rings (SSSR count). The van der Waals surface area contributed by atoms with Crippen LogP contribution in [-0.4, -0.2) is 0 Å². The molecule has 1 unspecified atom stereocenters. The van der Waals surface area contributed by atoms with Crippen LogP contribution in [0.25, 0.3) is 0 Å². The summed E-state index contributed by atoms with van der Waals surface area (Å²) in [6, 6.07) is 6.55. The van der Waals surface area contributed by atoms with Crippen LogP contribution in [0, 0.1) is 24.4 Å². The Bertz CT molecular complexity index is 626. The summed E-state index contributed by atoms with van der Waals surface area (Å²) in [5, 5.41) is 0. The lowest BCUT2D eigenvalue weighted by molar-refractivity contribution is 0.576. The summed E-state index contributed by atoms with van der Waals surface area (Å²) in [5.41, 5.74) is 0.535. The van der Waals surface area contributed by atoms with Crippen LogP contribution in [0.3, 0.4) is 0 Å². The molecule has 2 aromatic carbocycles. The second-order valence-corrected chi connectivity index (χ2v) is 5.98. The average Bonchev–Trinajstić information content (AvgIpc) is 2.36. The van der Waals surface area contributed by atoms with Gasteiger partial charge in [0.1, 0.15) is 17.5 Å². The van der Waals surface area contributed by atoms with Crippen LogP contribution < -0.4 is 0 Å². The molecular formula is C14H9Br2F3. The first kappa shape index (κ1) is 14.6. The Morgan fingerprint density at radius 1 is 0.895 bits per heavy atom. The smallest absolute Gasteiger partial charge is 0.128 e. The summed E-state index contributed by atoms with van der Waals surface area (Å²) in [7, 11) is 0. The zero-order chi connectivity index (χ0) is 14.2. The van der Waals surface area contributed by atoms with Crippen molar-refractivity contribution in [2.75, 3.05) is 0 Å². The van der Waals surface area contributed by atoms with Crippen LogP contribution in [0.4, 0.5) is 13.2 Å². The van der Waals surface area contributed by atoms with Gasteiger partial charge in [-0.25, -0.2) is 13.2 Å². The maximum Gasteiger partial charge on any atom is 0.128 e. The molecule has 0 amide bonds. The molecule has 0 aliphatic rings. The largest absolute Gasteiger partial charge is 0.207 e. The molecule has 0 aliphatic carbocycles. The van der Waals surface area contributed by atoms with E-state index >= 15 is 0 Å². The summed E-state index contributed by atoms with van der Waals surface area (Å²) in [6.07, 6.45) is 0. The molecule has 1 atom stereocenters. The van der Waals surface area contributed by atoms with Gasteiger partial charge in [-0.15, -0.1) is 0 Å². The summed E-state index contributed by atoms with van der Waals surface area (Å²) in [4.78, 5) is -0.750. The molecule has 0 aromatic heterocycles. The van der Waals surface area contributed by atoms with Gasteiger partial charge in [0.25, 0.3) is 0 Å². The highest BCUT2D eigenvalue weighted by Gasteiger charge is 2.20. The van der Waals surface area contributed by atoms with Crippen LogP contribution in [0.2, 0.25) is 0 Å². The van der Waals surface area contributed by atoms with Crippen molar-refractivity contribution < 1.29 is 13.2 Å². The van der Waals surface area contributed by atoms with E-state index in [1.165, 1.54) is 19.1 Å². The third-order valence-electron chi connectivity index (χ3n) is 2.78. The molecule has 19 heavy (non-hydrogen) atoms. The van der Waals surface area contributed by atoms with E-state index in [0.29, 0.717) is 4.47 Å². The third kappa shape index (κ3) is 3.03. The molecule has 0 N–H and O–H groups in total. The maximum absolute atomic E-state index is 13.9. The van der Waals surface area contributed by atoms with Gasteiger partial charge in [-0.3, -0.25) is 0 Å². The minimum atomic E-state index is -0.750. The molecule has 2 aromatic rings. The number of rotatable bonds is 2. The first-order valence-electron chi connectivity index (χ1n) is 5.44. The van der Waals surface area contributed by atoms with Gasteiger partial charge < -0.3 is 0 Å². The molecule has 0 nitrogen and oxygen atoms in total. The van der Waals surface area contributed by atoms with E-state index in [2.05, 4.69) is 31.9 Å². The molecule has 0 saturated heterocycles. The molecule has 0 radical (unpaired) electrons. The van der Waals surface area contributed by atoms with Crippen molar-refractivity contribution in [3.63, 3.8) is 0 Å². The van der Waals surface area contributed by atoms with E-state index in [9.17, 15) is 13.2 Å². The fourth-order valence-electron chi connectivity index (χ4n) is 1.73. The normalized spacial score (nSPS) is 12.5. The minimum absolute atomic E-state index is 0.0695. The topological polar surface area (TPSA) is 0 Å². The number of benzene rings is 2. The van der Waals surface area contributed by atoms with Crippen molar-refractivity contribution in [2.45, 2.75) is 11.8 Å². The molecule has 100 valence electrons. The van der Waals surface area contributed by atoms with Crippen LogP contribution in [-0.2, 0) is 0 Å². The third-order valence-corrected chi connectivity index (χ3v) is 4.26. The van der Waals surface area contributed by atoms with Crippen molar-refractivity contribution in [2.24, 2.45) is 0 Å². The van der Waals surface area contributed by atoms with E-state index < -0.39 is 22.3 Å². The van der Waals surface area contributed by atoms with Crippen molar-refractivity contribution in [3.05, 3.63) is 68.9 Å². The van der Waals surface area contributed by atoms with Gasteiger partial charge in [0.15, 0.2) is 0 Å². The molecule has 0 aliphatic heterocycles. The van der Waals surface area contributed by atoms with Gasteiger partial charge in [-0.05, 0) is 42.8 Å². The van der Waals surface area contributed by atoms with Crippen molar-refractivity contribution in [1.29, 1.82) is 0 Å². The Hall–Kier alpha value is -0.810. The average molecular weight is 394 g/mol. The molecular weight excluding hydrogens is 385 g/mol. The minimum Gasteiger partial charge on any atom is -0.207 e. The lowest BCUT2D eigenvalue weighted by atomic mass is 10.0. The van der Waals surface area contributed by atoms with Crippen LogP contribution in [0.1, 0.15) is 21.5 Å². The van der Waals surface area contributed by atoms with Crippen LogP contribution in [0.5, 0.6) is 0 Å². The number of aryl methyl sites for hydroxylation is 1. The standard InChI is InChI=1S/C14H9Br2F3/c1-7-4-13(19)10(6-12(7)18)14(16)9-5-8(15)2-3-11(9)17/h2-6,14H,1H3. The highest BCUT2D eigenvalue weighted by molar-refractivity contribution is 9.10. The van der Waals surface area contributed by atoms with E-state index in [4.69, 9.17) is 0 Å². The summed E-state index contributed by atoms with van der Waals surface area (Å²) in [5.74, 6) is -1.57. The Balaban J connectivity index is 2.52. The Labute approximate surface area is 125 Å². The number of halogens is 5. The molecule has 0 heterocycles. The van der Waals surface area contributed by atoms with Gasteiger partial charge in [0.2, 0.25) is 0 Å². The Morgan fingerprint density at radius 2 is 1.53 bits per heavy atom. The predicted molar refractivity (Wildman–Crippen MR) is 76.0 cm³/mol. The van der Waals surface area contributed by atoms with Gasteiger partial charge >= 0.3 is 0 Å². The fraction of sp³-hybridized carbons (Fsp3) is 0.143. The second kappa shape index (κ2) is 5.67. The van der Waals surface area contributed by atoms with Crippen molar-refractivity contribution >= 4 is 31.9 Å². The lowest BCUT2D eigenvalue weighted by Crippen LogP contribution is -2.01. The quantitative estimate of drug-likeness (QED) is 0.577. The predicted octanol–water partition coefficient (Wildman–Crippen LogP) is 5.66. The van der Waals surface area contributed by atoms with Gasteiger partial charge in [0, 0.05) is 15.6 Å². The number of hydrogen-bond acceptors (Lipinski definition) is 0. The first-order chi connectivity index (χ1) is 8.90. The lowest BCUT2D eigenvalue weighted by Gasteiger charge is -2.14. The van der Waals surface area contributed by atoms with Crippen molar-refractivity contribution in [3.8, 4) is 0 Å². The molecule has 0 bridgehead atoms. The van der Waals surface area contributed by atoms with E-state index in [1.54, 1.807) is 6.07 Å². The van der Waals surface area contributed by atoms with E-state index in [0.717, 1.165) is 12.1 Å². The maximum atomic E-state index is 13.9. The van der Waals surface area contributed by atoms with Crippen molar-refractivity contribution in [1.82, 2.24) is 0 Å². The van der Waals surface area contributed by atoms with Gasteiger partial charge in [-0.1, -0.05) is 31.9 Å². The monoisotopic (exact) mass is 392 g/mol. The van der Waals surface area contributed by atoms with E-state index in [-0.39, 0.29) is 16.7 Å². The first-order valence-corrected chi connectivity index (χ1v) is 7.15. The van der Waals surface area contributed by atoms with Gasteiger partial charge in [0.05, 0.1) is 4.83 Å². The van der Waals surface area contributed by atoms with E-state index in [1.807, 2.05) is 0 Å². The SMILES string of the molecule is Cc1cc(F)c(C(Br)c2cc(Br)ccc2F)cc1F. The highest BCUT2D eigenvalue weighted by atomic mass is 79.9. The molecule has 5 heteroatoms. The summed E-state index contributed by atoms with van der Waals surface area (Å²) >= 11 is 6.45. The number of alkyl halides is 1. The Morgan fingerprint density at radius 3 is 2.21 bits per heavy atom. The molecule has 0 spiro atoms. The van der Waals surface area contributed by atoms with Crippen LogP contribution in [0.15, 0.2) is 34.8 Å². The number of hydrogen-bond donors (Lipinski definition) is 0. The summed E-state index contributed by atoms with van der Waals surface area (Å²) in [6.45, 7) is 1.48. The summed E-state index contributed by atoms with van der Waals surface area (Å²) < 4.78 is 41.8. The molecule has 0 fully saturated rings. The fourth-order valence-corrected chi connectivity index (χ4v) is 2.81. The molecule has 0 saturated carbocycles. The Kier molecular flexibility index (Phi) is 4.36.